The van der Waals surface area contributed by atoms with Crippen molar-refractivity contribution < 1.29 is 0 Å². The molecule has 0 heterocycles. The van der Waals surface area contributed by atoms with Gasteiger partial charge in [0.15, 0.2) is 0 Å². The molecule has 0 aromatic heterocycles. The Bertz CT molecular complexity index is 300. The van der Waals surface area contributed by atoms with Crippen molar-refractivity contribution in [1.29, 1.82) is 0 Å². The molecule has 2 N–H and O–H groups in total. The quantitative estimate of drug-likeness (QED) is 0.778. The van der Waals surface area contributed by atoms with Gasteiger partial charge >= 0.3 is 0 Å². The maximum atomic E-state index is 5.71. The van der Waals surface area contributed by atoms with E-state index in [1.165, 1.54) is 16.7 Å². The normalized spacial score (nSPS) is 11.4. The van der Waals surface area contributed by atoms with Crippen molar-refractivity contribution in [2.45, 2.75) is 46.1 Å². The van der Waals surface area contributed by atoms with Crippen LogP contribution in [-0.4, -0.2) is 0 Å². The van der Waals surface area contributed by atoms with Gasteiger partial charge in [-0.2, -0.15) is 0 Å². The highest BCUT2D eigenvalue weighted by atomic mass is 14.5. The second-order valence-corrected chi connectivity index (χ2v) is 4.47. The molecule has 78 valence electrons. The molecule has 0 unspecified atom stereocenters. The molecule has 0 amide bonds. The third kappa shape index (κ3) is 2.36. The van der Waals surface area contributed by atoms with E-state index in [1.54, 1.807) is 0 Å². The van der Waals surface area contributed by atoms with Gasteiger partial charge in [0.1, 0.15) is 0 Å². The van der Waals surface area contributed by atoms with Gasteiger partial charge in [0, 0.05) is 6.54 Å². The zero-order valence-corrected chi connectivity index (χ0v) is 9.67. The van der Waals surface area contributed by atoms with E-state index in [0.717, 1.165) is 0 Å². The lowest BCUT2D eigenvalue weighted by Crippen LogP contribution is -2.04. The van der Waals surface area contributed by atoms with Crippen molar-refractivity contribution in [3.05, 3.63) is 34.9 Å². The largest absolute Gasteiger partial charge is 0.326 e. The highest BCUT2D eigenvalue weighted by Crippen LogP contribution is 2.24. The maximum absolute atomic E-state index is 5.71. The van der Waals surface area contributed by atoms with Crippen LogP contribution in [0.3, 0.4) is 0 Å². The third-order valence-corrected chi connectivity index (χ3v) is 2.68. The predicted molar refractivity (Wildman–Crippen MR) is 62.5 cm³/mol. The molecular weight excluding hydrogens is 170 g/mol. The van der Waals surface area contributed by atoms with Gasteiger partial charge in [-0.15, -0.1) is 0 Å². The maximum Gasteiger partial charge on any atom is 0.0180 e. The minimum absolute atomic E-state index is 0.562. The molecule has 0 bridgehead atoms. The molecule has 14 heavy (non-hydrogen) atoms. The number of hydrogen-bond acceptors (Lipinski definition) is 1. The molecule has 0 saturated heterocycles. The molecule has 1 aromatic rings. The lowest BCUT2D eigenvalue weighted by atomic mass is 9.92. The van der Waals surface area contributed by atoms with Crippen LogP contribution in [0.1, 0.15) is 56.2 Å². The summed E-state index contributed by atoms with van der Waals surface area (Å²) in [6.45, 7) is 9.53. The molecule has 1 aromatic carbocycles. The molecule has 1 heteroatoms. The van der Waals surface area contributed by atoms with Crippen molar-refractivity contribution in [2.24, 2.45) is 5.73 Å². The minimum atomic E-state index is 0.562. The monoisotopic (exact) mass is 191 g/mol. The molecule has 0 fully saturated rings. The van der Waals surface area contributed by atoms with Crippen LogP contribution in [0, 0.1) is 0 Å². The third-order valence-electron chi connectivity index (χ3n) is 2.68. The summed E-state index contributed by atoms with van der Waals surface area (Å²) in [6.07, 6.45) is 0. The van der Waals surface area contributed by atoms with Crippen LogP contribution in [0.25, 0.3) is 0 Å². The van der Waals surface area contributed by atoms with Crippen LogP contribution in [0.5, 0.6) is 0 Å². The first-order chi connectivity index (χ1) is 6.56. The highest BCUT2D eigenvalue weighted by molar-refractivity contribution is 5.35. The summed E-state index contributed by atoms with van der Waals surface area (Å²) < 4.78 is 0. The fourth-order valence-corrected chi connectivity index (χ4v) is 1.70. The van der Waals surface area contributed by atoms with Gasteiger partial charge in [-0.25, -0.2) is 0 Å². The lowest BCUT2D eigenvalue weighted by molar-refractivity contribution is 0.815. The summed E-state index contributed by atoms with van der Waals surface area (Å²) in [5, 5.41) is 0. The SMILES string of the molecule is CC(C)c1ccc(CN)c(C(C)C)c1. The van der Waals surface area contributed by atoms with Gasteiger partial charge in [0.05, 0.1) is 0 Å². The standard InChI is InChI=1S/C13H21N/c1-9(2)11-5-6-12(8-14)13(7-11)10(3)4/h5-7,9-10H,8,14H2,1-4H3. The van der Waals surface area contributed by atoms with Crippen molar-refractivity contribution in [1.82, 2.24) is 0 Å². The molecular formula is C13H21N. The first-order valence-electron chi connectivity index (χ1n) is 5.39. The van der Waals surface area contributed by atoms with Gasteiger partial charge < -0.3 is 5.73 Å². The van der Waals surface area contributed by atoms with E-state index in [-0.39, 0.29) is 0 Å². The van der Waals surface area contributed by atoms with Crippen LogP contribution in [0.2, 0.25) is 0 Å². The first kappa shape index (κ1) is 11.3. The van der Waals surface area contributed by atoms with E-state index in [2.05, 4.69) is 45.9 Å². The summed E-state index contributed by atoms with van der Waals surface area (Å²) in [5.41, 5.74) is 9.81. The smallest absolute Gasteiger partial charge is 0.0180 e. The number of rotatable bonds is 3. The molecule has 1 rings (SSSR count). The summed E-state index contributed by atoms with van der Waals surface area (Å²) in [6, 6.07) is 6.67. The second kappa shape index (κ2) is 4.61. The van der Waals surface area contributed by atoms with Gasteiger partial charge in [-0.1, -0.05) is 45.9 Å². The Morgan fingerprint density at radius 3 is 2.14 bits per heavy atom. The minimum Gasteiger partial charge on any atom is -0.326 e. The summed E-state index contributed by atoms with van der Waals surface area (Å²) in [5.74, 6) is 1.16. The molecule has 0 saturated carbocycles. The Hall–Kier alpha value is -0.820. The van der Waals surface area contributed by atoms with E-state index in [9.17, 15) is 0 Å². The number of nitrogens with two attached hydrogens (primary N) is 1. The van der Waals surface area contributed by atoms with Gasteiger partial charge in [-0.05, 0) is 28.5 Å². The number of benzene rings is 1. The van der Waals surface area contributed by atoms with Crippen LogP contribution in [0.4, 0.5) is 0 Å². The first-order valence-corrected chi connectivity index (χ1v) is 5.39. The Morgan fingerprint density at radius 1 is 1.07 bits per heavy atom. The molecule has 0 spiro atoms. The molecule has 0 radical (unpaired) electrons. The predicted octanol–water partition coefficient (Wildman–Crippen LogP) is 3.39. The van der Waals surface area contributed by atoms with Crippen LogP contribution in [0.15, 0.2) is 18.2 Å². The van der Waals surface area contributed by atoms with Crippen molar-refractivity contribution in [3.63, 3.8) is 0 Å². The van der Waals surface area contributed by atoms with E-state index >= 15 is 0 Å². The van der Waals surface area contributed by atoms with Crippen molar-refractivity contribution in [3.8, 4) is 0 Å². The second-order valence-electron chi connectivity index (χ2n) is 4.47. The van der Waals surface area contributed by atoms with Gasteiger partial charge in [-0.3, -0.25) is 0 Å². The van der Waals surface area contributed by atoms with Crippen LogP contribution in [-0.2, 0) is 6.54 Å². The van der Waals surface area contributed by atoms with Gasteiger partial charge in [0.25, 0.3) is 0 Å². The lowest BCUT2D eigenvalue weighted by Gasteiger charge is -2.15. The van der Waals surface area contributed by atoms with E-state index in [4.69, 9.17) is 5.73 Å². The van der Waals surface area contributed by atoms with Crippen molar-refractivity contribution >= 4 is 0 Å². The fourth-order valence-electron chi connectivity index (χ4n) is 1.70. The van der Waals surface area contributed by atoms with Crippen LogP contribution >= 0.6 is 0 Å². The Morgan fingerprint density at radius 2 is 1.71 bits per heavy atom. The molecule has 0 aliphatic heterocycles. The van der Waals surface area contributed by atoms with E-state index < -0.39 is 0 Å². The molecule has 0 atom stereocenters. The summed E-state index contributed by atoms with van der Waals surface area (Å²) in [7, 11) is 0. The zero-order valence-electron chi connectivity index (χ0n) is 9.67. The number of hydrogen-bond donors (Lipinski definition) is 1. The van der Waals surface area contributed by atoms with Crippen LogP contribution < -0.4 is 5.73 Å². The highest BCUT2D eigenvalue weighted by Gasteiger charge is 2.08. The van der Waals surface area contributed by atoms with Gasteiger partial charge in [0.2, 0.25) is 0 Å². The summed E-state index contributed by atoms with van der Waals surface area (Å²) >= 11 is 0. The van der Waals surface area contributed by atoms with E-state index in [0.29, 0.717) is 18.4 Å². The average molecular weight is 191 g/mol. The Labute approximate surface area is 87.3 Å². The molecule has 1 nitrogen and oxygen atoms in total. The van der Waals surface area contributed by atoms with E-state index in [1.807, 2.05) is 0 Å². The zero-order chi connectivity index (χ0) is 10.7. The molecule has 0 aliphatic carbocycles. The average Bonchev–Trinajstić information content (AvgIpc) is 2.16. The Balaban J connectivity index is 3.14. The fraction of sp³-hybridized carbons (Fsp3) is 0.538. The summed E-state index contributed by atoms with van der Waals surface area (Å²) in [4.78, 5) is 0. The Kier molecular flexibility index (Phi) is 3.70. The molecule has 0 aliphatic rings. The topological polar surface area (TPSA) is 26.0 Å². The van der Waals surface area contributed by atoms with Crippen molar-refractivity contribution in [2.75, 3.05) is 0 Å².